The summed E-state index contributed by atoms with van der Waals surface area (Å²) in [6.07, 6.45) is -1.02. The third-order valence-corrected chi connectivity index (χ3v) is 1.82. The van der Waals surface area contributed by atoms with E-state index >= 15 is 0 Å². The molecule has 1 rings (SSSR count). The van der Waals surface area contributed by atoms with Crippen molar-refractivity contribution in [3.05, 3.63) is 29.8 Å². The Bertz CT molecular complexity index is 308. The van der Waals surface area contributed by atoms with E-state index in [9.17, 15) is 4.79 Å². The van der Waals surface area contributed by atoms with Crippen LogP contribution in [-0.4, -0.2) is 11.2 Å². The van der Waals surface area contributed by atoms with E-state index in [1.54, 1.807) is 6.07 Å². The highest BCUT2D eigenvalue weighted by Gasteiger charge is 2.06. The maximum Gasteiger partial charge on any atom is 0.409 e. The Balaban J connectivity index is 2.97. The average Bonchev–Trinajstić information content (AvgIpc) is 2.03. The Hall–Kier alpha value is -1.51. The van der Waals surface area contributed by atoms with E-state index in [4.69, 9.17) is 5.11 Å². The molecule has 0 heterocycles. The number of amides is 1. The molecule has 0 bridgehead atoms. The number of hydrogen-bond acceptors (Lipinski definition) is 1. The second-order valence-electron chi connectivity index (χ2n) is 3.17. The quantitative estimate of drug-likeness (QED) is 0.733. The predicted octanol–water partition coefficient (Wildman–Crippen LogP) is 2.90. The van der Waals surface area contributed by atoms with Gasteiger partial charge in [-0.1, -0.05) is 32.0 Å². The van der Waals surface area contributed by atoms with Gasteiger partial charge in [0.05, 0.1) is 0 Å². The van der Waals surface area contributed by atoms with Crippen LogP contribution in [0.25, 0.3) is 0 Å². The molecule has 0 fully saturated rings. The maximum atomic E-state index is 10.4. The SMILES string of the molecule is CC(C)c1ccccc1NC(=O)O. The van der Waals surface area contributed by atoms with Gasteiger partial charge in [-0.3, -0.25) is 5.32 Å². The molecule has 0 atom stereocenters. The van der Waals surface area contributed by atoms with Gasteiger partial charge in [0.2, 0.25) is 0 Å². The Morgan fingerprint density at radius 1 is 1.38 bits per heavy atom. The first-order chi connectivity index (χ1) is 6.11. The number of anilines is 1. The molecule has 1 amide bonds. The van der Waals surface area contributed by atoms with Gasteiger partial charge in [-0.05, 0) is 17.5 Å². The largest absolute Gasteiger partial charge is 0.465 e. The van der Waals surface area contributed by atoms with Gasteiger partial charge in [0.1, 0.15) is 0 Å². The molecule has 0 spiro atoms. The number of para-hydroxylation sites is 1. The van der Waals surface area contributed by atoms with Gasteiger partial charge >= 0.3 is 6.09 Å². The first-order valence-corrected chi connectivity index (χ1v) is 4.20. The highest BCUT2D eigenvalue weighted by atomic mass is 16.4. The van der Waals surface area contributed by atoms with Crippen molar-refractivity contribution in [2.45, 2.75) is 19.8 Å². The van der Waals surface area contributed by atoms with Gasteiger partial charge in [0.15, 0.2) is 0 Å². The fraction of sp³-hybridized carbons (Fsp3) is 0.300. The van der Waals surface area contributed by atoms with Crippen molar-refractivity contribution in [1.29, 1.82) is 0 Å². The van der Waals surface area contributed by atoms with Gasteiger partial charge in [-0.2, -0.15) is 0 Å². The van der Waals surface area contributed by atoms with Crippen molar-refractivity contribution >= 4 is 11.8 Å². The first kappa shape index (κ1) is 9.58. The standard InChI is InChI=1S/C10H13NO2/c1-7(2)8-5-3-4-6-9(8)11-10(12)13/h3-7,11H,1-2H3,(H,12,13). The molecule has 0 aliphatic heterocycles. The number of rotatable bonds is 2. The molecule has 3 nitrogen and oxygen atoms in total. The molecule has 1 aromatic rings. The minimum atomic E-state index is -1.02. The van der Waals surface area contributed by atoms with E-state index in [0.717, 1.165) is 5.56 Å². The van der Waals surface area contributed by atoms with E-state index in [0.29, 0.717) is 11.6 Å². The van der Waals surface area contributed by atoms with Crippen LogP contribution in [0.3, 0.4) is 0 Å². The summed E-state index contributed by atoms with van der Waals surface area (Å²) in [5, 5.41) is 10.9. The van der Waals surface area contributed by atoms with Crippen molar-refractivity contribution in [2.24, 2.45) is 0 Å². The molecular formula is C10H13NO2. The van der Waals surface area contributed by atoms with Crippen LogP contribution >= 0.6 is 0 Å². The number of benzene rings is 1. The van der Waals surface area contributed by atoms with E-state index in [1.807, 2.05) is 32.0 Å². The second kappa shape index (κ2) is 3.94. The summed E-state index contributed by atoms with van der Waals surface area (Å²) in [6.45, 7) is 4.06. The minimum Gasteiger partial charge on any atom is -0.465 e. The van der Waals surface area contributed by atoms with Crippen molar-refractivity contribution in [3.8, 4) is 0 Å². The summed E-state index contributed by atoms with van der Waals surface area (Å²) in [7, 11) is 0. The summed E-state index contributed by atoms with van der Waals surface area (Å²) in [5.41, 5.74) is 1.69. The van der Waals surface area contributed by atoms with Crippen LogP contribution in [0, 0.1) is 0 Å². The molecule has 1 aromatic carbocycles. The van der Waals surface area contributed by atoms with Crippen LogP contribution in [0.4, 0.5) is 10.5 Å². The first-order valence-electron chi connectivity index (χ1n) is 4.20. The molecule has 0 aliphatic rings. The zero-order valence-corrected chi connectivity index (χ0v) is 7.74. The third kappa shape index (κ3) is 2.47. The van der Waals surface area contributed by atoms with E-state index in [-0.39, 0.29) is 0 Å². The fourth-order valence-corrected chi connectivity index (χ4v) is 1.23. The minimum absolute atomic E-state index is 0.322. The summed E-state index contributed by atoms with van der Waals surface area (Å²) in [5.74, 6) is 0.322. The zero-order chi connectivity index (χ0) is 9.84. The Morgan fingerprint density at radius 2 is 2.00 bits per heavy atom. The number of carbonyl (C=O) groups is 1. The lowest BCUT2D eigenvalue weighted by molar-refractivity contribution is 0.209. The van der Waals surface area contributed by atoms with E-state index < -0.39 is 6.09 Å². The van der Waals surface area contributed by atoms with Crippen LogP contribution in [0.2, 0.25) is 0 Å². The van der Waals surface area contributed by atoms with Gasteiger partial charge in [-0.15, -0.1) is 0 Å². The highest BCUT2D eigenvalue weighted by molar-refractivity contribution is 5.84. The smallest absolute Gasteiger partial charge is 0.409 e. The molecular weight excluding hydrogens is 166 g/mol. The summed E-state index contributed by atoms with van der Waals surface area (Å²) >= 11 is 0. The monoisotopic (exact) mass is 179 g/mol. The Kier molecular flexibility index (Phi) is 2.90. The molecule has 0 saturated carbocycles. The van der Waals surface area contributed by atoms with Crippen LogP contribution in [0.5, 0.6) is 0 Å². The fourth-order valence-electron chi connectivity index (χ4n) is 1.23. The number of carboxylic acid groups (broad SMARTS) is 1. The predicted molar refractivity (Wildman–Crippen MR) is 52.2 cm³/mol. The van der Waals surface area contributed by atoms with Crippen LogP contribution in [-0.2, 0) is 0 Å². The molecule has 0 radical (unpaired) electrons. The topological polar surface area (TPSA) is 49.3 Å². The number of hydrogen-bond donors (Lipinski definition) is 2. The maximum absolute atomic E-state index is 10.4. The van der Waals surface area contributed by atoms with Crippen LogP contribution < -0.4 is 5.32 Å². The van der Waals surface area contributed by atoms with Crippen molar-refractivity contribution < 1.29 is 9.90 Å². The molecule has 0 aromatic heterocycles. The molecule has 0 saturated heterocycles. The van der Waals surface area contributed by atoms with Crippen molar-refractivity contribution in [1.82, 2.24) is 0 Å². The lowest BCUT2D eigenvalue weighted by atomic mass is 10.0. The third-order valence-electron chi connectivity index (χ3n) is 1.82. The van der Waals surface area contributed by atoms with Gasteiger partial charge < -0.3 is 5.11 Å². The molecule has 3 heteroatoms. The van der Waals surface area contributed by atoms with Gasteiger partial charge in [-0.25, -0.2) is 4.79 Å². The van der Waals surface area contributed by atoms with Crippen molar-refractivity contribution in [2.75, 3.05) is 5.32 Å². The summed E-state index contributed by atoms with van der Waals surface area (Å²) < 4.78 is 0. The van der Waals surface area contributed by atoms with E-state index in [1.165, 1.54) is 0 Å². The molecule has 70 valence electrons. The van der Waals surface area contributed by atoms with Crippen LogP contribution in [0.1, 0.15) is 25.3 Å². The molecule has 13 heavy (non-hydrogen) atoms. The molecule has 0 unspecified atom stereocenters. The highest BCUT2D eigenvalue weighted by Crippen LogP contribution is 2.23. The number of nitrogens with one attached hydrogen (secondary N) is 1. The van der Waals surface area contributed by atoms with E-state index in [2.05, 4.69) is 5.32 Å². The summed E-state index contributed by atoms with van der Waals surface area (Å²) in [6, 6.07) is 7.42. The molecule has 2 N–H and O–H groups in total. The summed E-state index contributed by atoms with van der Waals surface area (Å²) in [4.78, 5) is 10.4. The second-order valence-corrected chi connectivity index (χ2v) is 3.17. The van der Waals surface area contributed by atoms with Gasteiger partial charge in [0, 0.05) is 5.69 Å². The lowest BCUT2D eigenvalue weighted by Crippen LogP contribution is -2.09. The Morgan fingerprint density at radius 3 is 2.54 bits per heavy atom. The lowest BCUT2D eigenvalue weighted by Gasteiger charge is -2.11. The van der Waals surface area contributed by atoms with Crippen LogP contribution in [0.15, 0.2) is 24.3 Å². The normalized spacial score (nSPS) is 10.1. The molecule has 0 aliphatic carbocycles. The van der Waals surface area contributed by atoms with Crippen molar-refractivity contribution in [3.63, 3.8) is 0 Å². The van der Waals surface area contributed by atoms with Gasteiger partial charge in [0.25, 0.3) is 0 Å². The average molecular weight is 179 g/mol. The zero-order valence-electron chi connectivity index (χ0n) is 7.74. The Labute approximate surface area is 77.4 Å².